The first kappa shape index (κ1) is 8.89. The smallest absolute Gasteiger partial charge is 0.104 e. The monoisotopic (exact) mass is 192 g/mol. The molecule has 74 valence electrons. The van der Waals surface area contributed by atoms with Crippen molar-refractivity contribution in [3.63, 3.8) is 0 Å². The summed E-state index contributed by atoms with van der Waals surface area (Å²) in [4.78, 5) is 0. The van der Waals surface area contributed by atoms with Crippen molar-refractivity contribution in [2.24, 2.45) is 7.05 Å². The van der Waals surface area contributed by atoms with Crippen LogP contribution in [0.1, 0.15) is 17.3 Å². The van der Waals surface area contributed by atoms with Gasteiger partial charge in [-0.2, -0.15) is 5.10 Å². The van der Waals surface area contributed by atoms with Gasteiger partial charge in [-0.3, -0.25) is 9.78 Å². The lowest BCUT2D eigenvalue weighted by Crippen LogP contribution is -2.17. The van der Waals surface area contributed by atoms with E-state index in [1.165, 1.54) is 0 Å². The molecule has 0 aliphatic rings. The number of rotatable bonds is 3. The van der Waals surface area contributed by atoms with Crippen LogP contribution in [0.2, 0.25) is 0 Å². The fourth-order valence-electron chi connectivity index (χ4n) is 1.40. The molecule has 0 aliphatic carbocycles. The third kappa shape index (κ3) is 1.51. The van der Waals surface area contributed by atoms with E-state index in [0.717, 1.165) is 11.3 Å². The summed E-state index contributed by atoms with van der Waals surface area (Å²) in [7, 11) is 3.73. The van der Waals surface area contributed by atoms with E-state index in [1.54, 1.807) is 10.9 Å². The van der Waals surface area contributed by atoms with Crippen LogP contribution in [0.4, 0.5) is 0 Å². The molecule has 2 aromatic heterocycles. The minimum Gasteiger partial charge on any atom is -0.308 e. The number of aromatic amines is 1. The van der Waals surface area contributed by atoms with Gasteiger partial charge in [0.2, 0.25) is 0 Å². The van der Waals surface area contributed by atoms with Gasteiger partial charge in [0.05, 0.1) is 18.4 Å². The fraction of sp³-hybridized carbons (Fsp3) is 0.375. The van der Waals surface area contributed by atoms with Crippen LogP contribution >= 0.6 is 0 Å². The van der Waals surface area contributed by atoms with Crippen molar-refractivity contribution in [3.8, 4) is 0 Å². The molecule has 2 N–H and O–H groups in total. The summed E-state index contributed by atoms with van der Waals surface area (Å²) in [5.41, 5.74) is 1.93. The Labute approximate surface area is 81.3 Å². The van der Waals surface area contributed by atoms with Gasteiger partial charge < -0.3 is 5.32 Å². The largest absolute Gasteiger partial charge is 0.308 e. The summed E-state index contributed by atoms with van der Waals surface area (Å²) in [5.74, 6) is 0. The molecule has 2 rings (SSSR count). The maximum absolute atomic E-state index is 4.05. The van der Waals surface area contributed by atoms with E-state index in [-0.39, 0.29) is 6.04 Å². The molecule has 0 amide bonds. The zero-order chi connectivity index (χ0) is 9.97. The molecule has 0 aliphatic heterocycles. The highest BCUT2D eigenvalue weighted by Gasteiger charge is 2.15. The summed E-state index contributed by atoms with van der Waals surface area (Å²) in [6.07, 6.45) is 5.50. The minimum atomic E-state index is 0.0439. The highest BCUT2D eigenvalue weighted by Crippen LogP contribution is 2.17. The number of H-pyrrole nitrogens is 1. The number of nitrogens with one attached hydrogen (secondary N) is 2. The van der Waals surface area contributed by atoms with E-state index in [9.17, 15) is 0 Å². The van der Waals surface area contributed by atoms with Crippen LogP contribution in [0.15, 0.2) is 18.6 Å². The van der Waals surface area contributed by atoms with E-state index in [4.69, 9.17) is 0 Å². The molecule has 1 atom stereocenters. The molecule has 6 nitrogen and oxygen atoms in total. The average molecular weight is 192 g/mol. The van der Waals surface area contributed by atoms with Crippen molar-refractivity contribution in [1.82, 2.24) is 30.5 Å². The zero-order valence-corrected chi connectivity index (χ0v) is 8.10. The third-order valence-electron chi connectivity index (χ3n) is 2.06. The predicted molar refractivity (Wildman–Crippen MR) is 50.5 cm³/mol. The maximum atomic E-state index is 4.05. The standard InChI is InChI=1S/C8H12N6/c1-9-8(6-3-10-11-4-6)7-5-14(2)13-12-7/h3-5,8-9H,1-2H3,(H,10,11). The van der Waals surface area contributed by atoms with E-state index < -0.39 is 0 Å². The molecule has 0 saturated heterocycles. The Hall–Kier alpha value is -1.69. The van der Waals surface area contributed by atoms with Crippen LogP contribution in [0.5, 0.6) is 0 Å². The molecule has 0 radical (unpaired) electrons. The first-order valence-electron chi connectivity index (χ1n) is 4.33. The Morgan fingerprint density at radius 2 is 2.43 bits per heavy atom. The molecule has 0 aromatic carbocycles. The molecule has 0 saturated carbocycles. The normalized spacial score (nSPS) is 13.0. The van der Waals surface area contributed by atoms with Crippen LogP contribution in [-0.4, -0.2) is 32.2 Å². The minimum absolute atomic E-state index is 0.0439. The quantitative estimate of drug-likeness (QED) is 0.709. The lowest BCUT2D eigenvalue weighted by atomic mass is 10.1. The third-order valence-corrected chi connectivity index (χ3v) is 2.06. The van der Waals surface area contributed by atoms with Crippen molar-refractivity contribution >= 4 is 0 Å². The highest BCUT2D eigenvalue weighted by atomic mass is 15.4. The van der Waals surface area contributed by atoms with E-state index >= 15 is 0 Å². The second kappa shape index (κ2) is 3.59. The molecule has 0 spiro atoms. The summed E-state index contributed by atoms with van der Waals surface area (Å²) < 4.78 is 1.68. The lowest BCUT2D eigenvalue weighted by molar-refractivity contribution is 0.664. The Balaban J connectivity index is 2.31. The van der Waals surface area contributed by atoms with Crippen molar-refractivity contribution in [2.45, 2.75) is 6.04 Å². The molecule has 14 heavy (non-hydrogen) atoms. The second-order valence-corrected chi connectivity index (χ2v) is 3.07. The van der Waals surface area contributed by atoms with Gasteiger partial charge in [0, 0.05) is 18.8 Å². The fourth-order valence-corrected chi connectivity index (χ4v) is 1.40. The summed E-state index contributed by atoms with van der Waals surface area (Å²) in [6.45, 7) is 0. The molecular formula is C8H12N6. The molecular weight excluding hydrogens is 180 g/mol. The SMILES string of the molecule is CNC(c1cn[nH]c1)c1cn(C)nn1. The van der Waals surface area contributed by atoms with Gasteiger partial charge in [-0.15, -0.1) is 5.10 Å². The number of aryl methyl sites for hydroxylation is 1. The summed E-state index contributed by atoms with van der Waals surface area (Å²) in [5, 5.41) is 17.8. The number of hydrogen-bond acceptors (Lipinski definition) is 4. The molecule has 6 heteroatoms. The second-order valence-electron chi connectivity index (χ2n) is 3.07. The first-order valence-corrected chi connectivity index (χ1v) is 4.33. The van der Waals surface area contributed by atoms with Crippen LogP contribution in [0.25, 0.3) is 0 Å². The molecule has 0 fully saturated rings. The molecule has 1 unspecified atom stereocenters. The number of aromatic nitrogens is 5. The van der Waals surface area contributed by atoms with Gasteiger partial charge in [-0.25, -0.2) is 0 Å². The zero-order valence-electron chi connectivity index (χ0n) is 8.10. The van der Waals surface area contributed by atoms with Crippen molar-refractivity contribution in [1.29, 1.82) is 0 Å². The maximum Gasteiger partial charge on any atom is 0.104 e. The topological polar surface area (TPSA) is 71.4 Å². The van der Waals surface area contributed by atoms with Gasteiger partial charge in [0.25, 0.3) is 0 Å². The Morgan fingerprint density at radius 1 is 1.57 bits per heavy atom. The van der Waals surface area contributed by atoms with Crippen LogP contribution < -0.4 is 5.32 Å². The van der Waals surface area contributed by atoms with Crippen LogP contribution in [0.3, 0.4) is 0 Å². The van der Waals surface area contributed by atoms with E-state index in [0.29, 0.717) is 0 Å². The van der Waals surface area contributed by atoms with Gasteiger partial charge in [-0.05, 0) is 7.05 Å². The van der Waals surface area contributed by atoms with Crippen molar-refractivity contribution < 1.29 is 0 Å². The van der Waals surface area contributed by atoms with Crippen LogP contribution in [0, 0.1) is 0 Å². The predicted octanol–water partition coefficient (Wildman–Crippen LogP) is -0.153. The highest BCUT2D eigenvalue weighted by molar-refractivity contribution is 5.20. The van der Waals surface area contributed by atoms with E-state index in [1.807, 2.05) is 26.5 Å². The van der Waals surface area contributed by atoms with Gasteiger partial charge in [0.15, 0.2) is 0 Å². The van der Waals surface area contributed by atoms with E-state index in [2.05, 4.69) is 25.8 Å². The molecule has 2 heterocycles. The van der Waals surface area contributed by atoms with Crippen LogP contribution in [-0.2, 0) is 7.05 Å². The average Bonchev–Trinajstić information content (AvgIpc) is 2.79. The first-order chi connectivity index (χ1) is 6.81. The molecule has 0 bridgehead atoms. The molecule has 2 aromatic rings. The van der Waals surface area contributed by atoms with Crippen molar-refractivity contribution in [2.75, 3.05) is 7.05 Å². The Morgan fingerprint density at radius 3 is 2.93 bits per heavy atom. The van der Waals surface area contributed by atoms with Gasteiger partial charge in [-0.1, -0.05) is 5.21 Å². The van der Waals surface area contributed by atoms with Crippen molar-refractivity contribution in [3.05, 3.63) is 29.8 Å². The van der Waals surface area contributed by atoms with Gasteiger partial charge in [0.1, 0.15) is 5.69 Å². The lowest BCUT2D eigenvalue weighted by Gasteiger charge is -2.09. The van der Waals surface area contributed by atoms with Gasteiger partial charge >= 0.3 is 0 Å². The number of nitrogens with zero attached hydrogens (tertiary/aromatic N) is 4. The number of hydrogen-bond donors (Lipinski definition) is 2. The summed E-state index contributed by atoms with van der Waals surface area (Å²) >= 11 is 0. The Bertz CT molecular complexity index is 390. The Kier molecular flexibility index (Phi) is 2.28. The summed E-state index contributed by atoms with van der Waals surface area (Å²) in [6, 6.07) is 0.0439.